The molecule has 36 heavy (non-hydrogen) atoms. The van der Waals surface area contributed by atoms with Crippen LogP contribution >= 0.6 is 23.1 Å². The fourth-order valence-electron chi connectivity index (χ4n) is 3.42. The lowest BCUT2D eigenvalue weighted by Crippen LogP contribution is -2.16. The summed E-state index contributed by atoms with van der Waals surface area (Å²) in [5.74, 6) is -3.52. The van der Waals surface area contributed by atoms with Gasteiger partial charge in [-0.25, -0.2) is 36.5 Å². The summed E-state index contributed by atoms with van der Waals surface area (Å²) in [6, 6.07) is 4.35. The number of thiazole rings is 1. The van der Waals surface area contributed by atoms with Crippen molar-refractivity contribution in [1.82, 2.24) is 19.5 Å². The number of nitrogens with zero attached hydrogens (tertiary/aromatic N) is 4. The van der Waals surface area contributed by atoms with E-state index in [1.807, 2.05) is 31.7 Å². The summed E-state index contributed by atoms with van der Waals surface area (Å²) in [7, 11) is -3.25. The number of anilines is 1. The minimum atomic E-state index is -4.77. The number of aromatic nitrogens is 4. The van der Waals surface area contributed by atoms with E-state index in [1.54, 1.807) is 12.3 Å². The first-order valence-corrected chi connectivity index (χ1v) is 14.1. The second kappa shape index (κ2) is 9.52. The van der Waals surface area contributed by atoms with Crippen LogP contribution in [0.4, 0.5) is 18.9 Å². The molecular formula is C23H22F3N5O2S3. The molecule has 0 aliphatic rings. The molecule has 0 amide bonds. The van der Waals surface area contributed by atoms with Crippen LogP contribution in [-0.2, 0) is 22.5 Å². The average molecular weight is 554 g/mol. The maximum atomic E-state index is 15.8. The first kappa shape index (κ1) is 26.2. The molecule has 0 unspecified atom stereocenters. The van der Waals surface area contributed by atoms with Gasteiger partial charge < -0.3 is 4.57 Å². The van der Waals surface area contributed by atoms with E-state index in [0.717, 1.165) is 18.2 Å². The molecule has 1 N–H and O–H groups in total. The molecule has 0 saturated carbocycles. The predicted octanol–water partition coefficient (Wildman–Crippen LogP) is 5.84. The molecule has 0 radical (unpaired) electrons. The van der Waals surface area contributed by atoms with Gasteiger partial charge in [0.15, 0.2) is 15.9 Å². The first-order chi connectivity index (χ1) is 16.8. The Bertz CT molecular complexity index is 1540. The molecule has 0 bridgehead atoms. The Labute approximate surface area is 214 Å². The highest BCUT2D eigenvalue weighted by atomic mass is 32.2. The summed E-state index contributed by atoms with van der Waals surface area (Å²) in [4.78, 5) is 12.8. The van der Waals surface area contributed by atoms with Crippen LogP contribution in [-0.4, -0.2) is 34.2 Å². The number of nitrogens with one attached hydrogen (secondary N) is 1. The third-order valence-corrected chi connectivity index (χ3v) is 8.58. The van der Waals surface area contributed by atoms with Crippen LogP contribution in [0.15, 0.2) is 46.7 Å². The van der Waals surface area contributed by atoms with E-state index in [-0.39, 0.29) is 16.8 Å². The summed E-state index contributed by atoms with van der Waals surface area (Å²) >= 11 is 2.70. The van der Waals surface area contributed by atoms with E-state index in [0.29, 0.717) is 20.7 Å². The molecular weight excluding hydrogens is 531 g/mol. The molecule has 0 spiro atoms. The number of benzene rings is 1. The zero-order chi connectivity index (χ0) is 26.4. The summed E-state index contributed by atoms with van der Waals surface area (Å²) in [6.45, 7) is 5.91. The van der Waals surface area contributed by atoms with Crippen LogP contribution in [0.25, 0.3) is 22.0 Å². The van der Waals surface area contributed by atoms with E-state index in [2.05, 4.69) is 9.97 Å². The standard InChI is InChI=1S/C23H22F3N5O2S3/c1-23(2,3)21-29-17(19(35-21)14-9-10-27-22(28-14)34-5)18-16(26)15(11-31(18)4)30-36(32,33)20-12(24)7-6-8-13(20)25/h6-11,30H,1-5H3. The normalized spacial score (nSPS) is 12.2. The van der Waals surface area contributed by atoms with Gasteiger partial charge in [-0.15, -0.1) is 11.3 Å². The number of thioether (sulfide) groups is 1. The van der Waals surface area contributed by atoms with Crippen LogP contribution in [0, 0.1) is 17.5 Å². The van der Waals surface area contributed by atoms with Gasteiger partial charge in [0.2, 0.25) is 0 Å². The topological polar surface area (TPSA) is 89.8 Å². The first-order valence-electron chi connectivity index (χ1n) is 10.5. The molecule has 1 aromatic carbocycles. The Kier molecular flexibility index (Phi) is 6.92. The van der Waals surface area contributed by atoms with Crippen molar-refractivity contribution in [3.63, 3.8) is 0 Å². The smallest absolute Gasteiger partial charge is 0.267 e. The van der Waals surface area contributed by atoms with Crippen LogP contribution in [0.1, 0.15) is 25.8 Å². The van der Waals surface area contributed by atoms with Crippen molar-refractivity contribution < 1.29 is 21.6 Å². The van der Waals surface area contributed by atoms with Gasteiger partial charge >= 0.3 is 0 Å². The number of hydrogen-bond donors (Lipinski definition) is 1. The van der Waals surface area contributed by atoms with Crippen molar-refractivity contribution in [2.24, 2.45) is 7.05 Å². The van der Waals surface area contributed by atoms with Crippen molar-refractivity contribution in [3.8, 4) is 22.0 Å². The molecule has 7 nitrogen and oxygen atoms in total. The van der Waals surface area contributed by atoms with Gasteiger partial charge in [-0.3, -0.25) is 4.72 Å². The van der Waals surface area contributed by atoms with E-state index < -0.39 is 38.1 Å². The number of halogens is 3. The third-order valence-electron chi connectivity index (χ3n) is 5.09. The van der Waals surface area contributed by atoms with Crippen molar-refractivity contribution in [3.05, 3.63) is 59.1 Å². The van der Waals surface area contributed by atoms with Crippen LogP contribution in [0.3, 0.4) is 0 Å². The maximum absolute atomic E-state index is 15.8. The van der Waals surface area contributed by atoms with Gasteiger partial charge in [0.05, 0.1) is 15.6 Å². The maximum Gasteiger partial charge on any atom is 0.267 e. The van der Waals surface area contributed by atoms with Gasteiger partial charge in [-0.05, 0) is 24.5 Å². The van der Waals surface area contributed by atoms with Crippen LogP contribution < -0.4 is 4.72 Å². The third kappa shape index (κ3) is 4.87. The highest BCUT2D eigenvalue weighted by Gasteiger charge is 2.30. The average Bonchev–Trinajstić information content (AvgIpc) is 3.34. The minimum Gasteiger partial charge on any atom is -0.345 e. The summed E-state index contributed by atoms with van der Waals surface area (Å²) < 4.78 is 72.9. The molecule has 3 aromatic heterocycles. The largest absolute Gasteiger partial charge is 0.345 e. The molecule has 0 saturated heterocycles. The fraction of sp³-hybridized carbons (Fsp3) is 0.261. The molecule has 0 fully saturated rings. The lowest BCUT2D eigenvalue weighted by atomic mass is 9.98. The van der Waals surface area contributed by atoms with Gasteiger partial charge in [0, 0.05) is 24.9 Å². The Hall–Kier alpha value is -2.90. The SMILES string of the molecule is CSc1nccc(-c2sc(C(C)(C)C)nc2-c2c(F)c(NS(=O)(=O)c3c(F)cccc3F)cn2C)n1. The Balaban J connectivity index is 1.86. The van der Waals surface area contributed by atoms with Gasteiger partial charge in [0.25, 0.3) is 10.0 Å². The number of rotatable bonds is 6. The highest BCUT2D eigenvalue weighted by Crippen LogP contribution is 2.42. The van der Waals surface area contributed by atoms with Gasteiger partial charge in [-0.2, -0.15) is 0 Å². The van der Waals surface area contributed by atoms with Gasteiger partial charge in [0.1, 0.15) is 28.7 Å². The molecule has 190 valence electrons. The number of aryl methyl sites for hydroxylation is 1. The van der Waals surface area contributed by atoms with E-state index in [4.69, 9.17) is 4.98 Å². The van der Waals surface area contributed by atoms with Crippen molar-refractivity contribution in [2.75, 3.05) is 11.0 Å². The van der Waals surface area contributed by atoms with E-state index >= 15 is 4.39 Å². The number of sulfonamides is 1. The minimum absolute atomic E-state index is 0.00670. The molecule has 4 aromatic rings. The second-order valence-electron chi connectivity index (χ2n) is 8.85. The molecule has 0 aliphatic heterocycles. The predicted molar refractivity (Wildman–Crippen MR) is 135 cm³/mol. The Morgan fingerprint density at radius 2 is 1.75 bits per heavy atom. The highest BCUT2D eigenvalue weighted by molar-refractivity contribution is 7.98. The lowest BCUT2D eigenvalue weighted by molar-refractivity contribution is 0.521. The monoisotopic (exact) mass is 553 g/mol. The summed E-state index contributed by atoms with van der Waals surface area (Å²) in [6.07, 6.45) is 4.62. The molecule has 4 rings (SSSR count). The summed E-state index contributed by atoms with van der Waals surface area (Å²) in [5, 5.41) is 1.24. The van der Waals surface area contributed by atoms with E-state index in [1.165, 1.54) is 40.9 Å². The summed E-state index contributed by atoms with van der Waals surface area (Å²) in [5.41, 5.74) is -0.0417. The molecule has 0 aliphatic carbocycles. The quantitative estimate of drug-likeness (QED) is 0.238. The van der Waals surface area contributed by atoms with Crippen molar-refractivity contribution in [1.29, 1.82) is 0 Å². The molecule has 13 heteroatoms. The molecule has 3 heterocycles. The van der Waals surface area contributed by atoms with Gasteiger partial charge in [-0.1, -0.05) is 38.6 Å². The van der Waals surface area contributed by atoms with E-state index in [9.17, 15) is 17.2 Å². The van der Waals surface area contributed by atoms with Crippen molar-refractivity contribution >= 4 is 38.8 Å². The zero-order valence-electron chi connectivity index (χ0n) is 19.9. The Morgan fingerprint density at radius 1 is 1.08 bits per heavy atom. The lowest BCUT2D eigenvalue weighted by Gasteiger charge is -2.13. The number of hydrogen-bond acceptors (Lipinski definition) is 7. The Morgan fingerprint density at radius 3 is 2.36 bits per heavy atom. The second-order valence-corrected chi connectivity index (χ2v) is 12.2. The van der Waals surface area contributed by atoms with Crippen molar-refractivity contribution in [2.45, 2.75) is 36.2 Å². The molecule has 0 atom stereocenters. The van der Waals surface area contributed by atoms with Crippen LogP contribution in [0.5, 0.6) is 0 Å². The van der Waals surface area contributed by atoms with Crippen LogP contribution in [0.2, 0.25) is 0 Å². The zero-order valence-corrected chi connectivity index (χ0v) is 22.4. The fourth-order valence-corrected chi connectivity index (χ4v) is 6.05.